The number of hydrogen-bond donors (Lipinski definition) is 2. The van der Waals surface area contributed by atoms with E-state index in [2.05, 4.69) is 0 Å². The van der Waals surface area contributed by atoms with Crippen LogP contribution in [0.5, 0.6) is 0 Å². The molecule has 0 rings (SSSR count). The van der Waals surface area contributed by atoms with Gasteiger partial charge in [0, 0.05) is 0 Å². The summed E-state index contributed by atoms with van der Waals surface area (Å²) in [5.41, 5.74) is 0. The zero-order chi connectivity index (χ0) is 6.08. The summed E-state index contributed by atoms with van der Waals surface area (Å²) in [5.74, 6) is 0. The Bertz CT molecular complexity index is 120. The van der Waals surface area contributed by atoms with E-state index in [0.717, 1.165) is 0 Å². The molecule has 0 aliphatic heterocycles. The lowest BCUT2D eigenvalue weighted by Gasteiger charge is -1.86. The fourth-order valence-electron chi connectivity index (χ4n) is 0. The highest BCUT2D eigenvalue weighted by Gasteiger charge is 2.29. The second kappa shape index (κ2) is 1.57. The summed E-state index contributed by atoms with van der Waals surface area (Å²) in [7, 11) is -5.02. The van der Waals surface area contributed by atoms with Crippen LogP contribution in [-0.2, 0) is 4.57 Å². The van der Waals surface area contributed by atoms with Crippen molar-refractivity contribution in [2.24, 2.45) is 0 Å². The van der Waals surface area contributed by atoms with E-state index in [0.29, 0.717) is 0 Å². The maximum Gasteiger partial charge on any atom is 0.660 e. The van der Waals surface area contributed by atoms with Gasteiger partial charge in [-0.25, -0.2) is 0 Å². The molecule has 0 atom stereocenters. The van der Waals surface area contributed by atoms with Gasteiger partial charge in [0.2, 0.25) is 0 Å². The molecule has 0 heterocycles. The highest BCUT2D eigenvalue weighted by atomic mass is 31.2. The van der Waals surface area contributed by atoms with Crippen LogP contribution < -0.4 is 0 Å². The van der Waals surface area contributed by atoms with Crippen molar-refractivity contribution in [2.75, 3.05) is 0 Å². The van der Waals surface area contributed by atoms with Crippen molar-refractivity contribution in [2.45, 2.75) is 0 Å². The second-order valence-electron chi connectivity index (χ2n) is 0.751. The van der Waals surface area contributed by atoms with Gasteiger partial charge in [0.05, 0.1) is 0 Å². The van der Waals surface area contributed by atoms with Crippen LogP contribution in [0.1, 0.15) is 0 Å². The van der Waals surface area contributed by atoms with E-state index >= 15 is 0 Å². The molecule has 0 bridgehead atoms. The Balaban J connectivity index is 4.09. The van der Waals surface area contributed by atoms with Gasteiger partial charge in [-0.05, 0) is 0 Å². The molecule has 2 N–H and O–H groups in total. The monoisotopic (exact) mass is 127 g/mol. The number of nitro groups is 1. The van der Waals surface area contributed by atoms with E-state index in [1.807, 2.05) is 0 Å². The molecule has 0 radical (unpaired) electrons. The van der Waals surface area contributed by atoms with Crippen molar-refractivity contribution in [3.63, 3.8) is 0 Å². The van der Waals surface area contributed by atoms with Gasteiger partial charge in [-0.3, -0.25) is 19.9 Å². The van der Waals surface area contributed by atoms with E-state index in [9.17, 15) is 4.57 Å². The Hall–Kier alpha value is -0.450. The molecule has 42 valence electrons. The van der Waals surface area contributed by atoms with Crippen LogP contribution in [0.3, 0.4) is 0 Å². The van der Waals surface area contributed by atoms with Gasteiger partial charge in [-0.15, -0.1) is 0 Å². The molecular formula is H2NO5P. The van der Waals surface area contributed by atoms with E-state index in [1.54, 1.807) is 0 Å². The van der Waals surface area contributed by atoms with Gasteiger partial charge in [0.1, 0.15) is 4.69 Å². The van der Waals surface area contributed by atoms with Crippen LogP contribution in [0.15, 0.2) is 0 Å². The first kappa shape index (κ1) is 6.55. The summed E-state index contributed by atoms with van der Waals surface area (Å²) >= 11 is 0. The Morgan fingerprint density at radius 3 is 1.71 bits per heavy atom. The highest BCUT2D eigenvalue weighted by molar-refractivity contribution is 7.44. The Labute approximate surface area is 38.1 Å². The van der Waals surface area contributed by atoms with Crippen LogP contribution in [0, 0.1) is 10.1 Å². The minimum atomic E-state index is -5.02. The molecule has 6 nitrogen and oxygen atoms in total. The van der Waals surface area contributed by atoms with Gasteiger partial charge < -0.3 is 0 Å². The third kappa shape index (κ3) is 2.27. The van der Waals surface area contributed by atoms with E-state index < -0.39 is 12.4 Å². The standard InChI is InChI=1S/H2NO5P/c2-1(3)7(4,5)6/h(H2,4,5,6). The predicted molar refractivity (Wildman–Crippen MR) is 19.0 cm³/mol. The highest BCUT2D eigenvalue weighted by Crippen LogP contribution is 2.33. The molecule has 0 spiro atoms. The molecule has 0 aromatic rings. The fourth-order valence-corrected chi connectivity index (χ4v) is 0. The predicted octanol–water partition coefficient (Wildman–Crippen LogP) is -0.644. The lowest BCUT2D eigenvalue weighted by molar-refractivity contribution is -0.341. The van der Waals surface area contributed by atoms with Gasteiger partial charge >= 0.3 is 7.75 Å². The molecule has 0 saturated heterocycles. The first-order chi connectivity index (χ1) is 2.94. The van der Waals surface area contributed by atoms with Crippen molar-refractivity contribution in [3.8, 4) is 0 Å². The van der Waals surface area contributed by atoms with E-state index in [-0.39, 0.29) is 0 Å². The normalized spacial score (nSPS) is 11.1. The molecule has 7 heteroatoms. The van der Waals surface area contributed by atoms with Gasteiger partial charge in [-0.2, -0.15) is 4.57 Å². The van der Waals surface area contributed by atoms with Gasteiger partial charge in [-0.1, -0.05) is 0 Å². The molecule has 0 amide bonds. The third-order valence-corrected chi connectivity index (χ3v) is 0.638. The Kier molecular flexibility index (Phi) is 1.47. The lowest BCUT2D eigenvalue weighted by atomic mass is 13.4. The topological polar surface area (TPSA) is 101 Å². The van der Waals surface area contributed by atoms with E-state index in [4.69, 9.17) is 19.9 Å². The molecule has 0 aliphatic carbocycles. The maximum atomic E-state index is 9.33. The largest absolute Gasteiger partial charge is 0.660 e. The summed E-state index contributed by atoms with van der Waals surface area (Å²) in [6.07, 6.45) is 0. The average Bonchev–Trinajstić information content (AvgIpc) is 1.31. The lowest BCUT2D eigenvalue weighted by Crippen LogP contribution is -1.91. The fraction of sp³-hybridized carbons (Fsp3) is 0. The third-order valence-electron chi connectivity index (χ3n) is 0.213. The van der Waals surface area contributed by atoms with Crippen molar-refractivity contribution >= 4 is 7.75 Å². The van der Waals surface area contributed by atoms with E-state index in [1.165, 1.54) is 0 Å². The Morgan fingerprint density at radius 1 is 1.57 bits per heavy atom. The molecule has 0 aliphatic rings. The van der Waals surface area contributed by atoms with Crippen molar-refractivity contribution < 1.29 is 19.0 Å². The van der Waals surface area contributed by atoms with Crippen LogP contribution in [-0.4, -0.2) is 14.5 Å². The smallest absolute Gasteiger partial charge is 0.267 e. The van der Waals surface area contributed by atoms with Gasteiger partial charge in [0.15, 0.2) is 0 Å². The summed E-state index contributed by atoms with van der Waals surface area (Å²) in [6, 6.07) is 0. The van der Waals surface area contributed by atoms with Crippen molar-refractivity contribution in [1.29, 1.82) is 0 Å². The minimum Gasteiger partial charge on any atom is -0.267 e. The molecular weight excluding hydrogens is 125 g/mol. The molecule has 0 aromatic heterocycles. The van der Waals surface area contributed by atoms with Crippen molar-refractivity contribution in [3.05, 3.63) is 10.1 Å². The quantitative estimate of drug-likeness (QED) is 0.277. The number of nitrogens with zero attached hydrogens (tertiary/aromatic N) is 1. The maximum absolute atomic E-state index is 9.33. The first-order valence-electron chi connectivity index (χ1n) is 1.15. The van der Waals surface area contributed by atoms with Crippen LogP contribution in [0.2, 0.25) is 0 Å². The van der Waals surface area contributed by atoms with Crippen LogP contribution in [0.25, 0.3) is 0 Å². The zero-order valence-corrected chi connectivity index (χ0v) is 3.91. The Morgan fingerprint density at radius 2 is 1.71 bits per heavy atom. The summed E-state index contributed by atoms with van der Waals surface area (Å²) in [4.78, 5) is 24.1. The van der Waals surface area contributed by atoms with Crippen LogP contribution >= 0.6 is 7.75 Å². The molecule has 0 aromatic carbocycles. The zero-order valence-electron chi connectivity index (χ0n) is 3.01. The second-order valence-corrected chi connectivity index (χ2v) is 2.10. The van der Waals surface area contributed by atoms with Crippen molar-refractivity contribution in [1.82, 2.24) is 0 Å². The molecule has 0 saturated carbocycles. The molecule has 7 heavy (non-hydrogen) atoms. The summed E-state index contributed by atoms with van der Waals surface area (Å²) in [5, 5.41) is 9.06. The summed E-state index contributed by atoms with van der Waals surface area (Å²) < 4.78 is 7.68. The average molecular weight is 127 g/mol. The SMILES string of the molecule is O=[N+]([O-])P(=O)(O)O. The van der Waals surface area contributed by atoms with Gasteiger partial charge in [0.25, 0.3) is 0 Å². The summed E-state index contributed by atoms with van der Waals surface area (Å²) in [6.45, 7) is 0. The molecule has 0 fully saturated rings. The number of hydrogen-bond acceptors (Lipinski definition) is 3. The molecule has 0 unspecified atom stereocenters. The van der Waals surface area contributed by atoms with Crippen LogP contribution in [0.4, 0.5) is 0 Å². The minimum absolute atomic E-state index is 1.65. The first-order valence-corrected chi connectivity index (χ1v) is 2.71. The number of rotatable bonds is 1.